The number of para-hydroxylation sites is 2. The Morgan fingerprint density at radius 1 is 0.327 bits per heavy atom. The van der Waals surface area contributed by atoms with Crippen LogP contribution in [0.4, 0.5) is 34.1 Å². The summed E-state index contributed by atoms with van der Waals surface area (Å²) in [6.45, 7) is 0. The molecule has 246 valence electrons. The first-order valence-electron chi connectivity index (χ1n) is 17.7. The predicted molar refractivity (Wildman–Crippen MR) is 217 cm³/mol. The number of anilines is 6. The predicted octanol–water partition coefficient (Wildman–Crippen LogP) is 13.6. The minimum Gasteiger partial charge on any atom is -0.310 e. The molecule has 1 spiro atoms. The molecule has 0 aromatic heterocycles. The van der Waals surface area contributed by atoms with E-state index in [1.165, 1.54) is 44.5 Å². The van der Waals surface area contributed by atoms with Gasteiger partial charge < -0.3 is 9.80 Å². The zero-order valence-corrected chi connectivity index (χ0v) is 29.1. The van der Waals surface area contributed by atoms with Crippen LogP contribution in [0.3, 0.4) is 0 Å². The molecule has 0 saturated heterocycles. The van der Waals surface area contributed by atoms with Crippen molar-refractivity contribution in [3.05, 3.63) is 227 Å². The molecule has 0 radical (unpaired) electrons. The molecule has 2 aliphatic carbocycles. The van der Waals surface area contributed by atoms with Gasteiger partial charge in [0.25, 0.3) is 0 Å². The van der Waals surface area contributed by atoms with Crippen molar-refractivity contribution < 1.29 is 0 Å². The highest BCUT2D eigenvalue weighted by Gasteiger charge is 2.53. The molecular formula is C49H33ClN2. The van der Waals surface area contributed by atoms with E-state index in [0.717, 1.165) is 34.1 Å². The number of rotatable bonds is 6. The van der Waals surface area contributed by atoms with Gasteiger partial charge in [-0.25, -0.2) is 0 Å². The molecule has 0 saturated carbocycles. The molecule has 0 bridgehead atoms. The van der Waals surface area contributed by atoms with Crippen molar-refractivity contribution in [3.63, 3.8) is 0 Å². The zero-order valence-electron chi connectivity index (χ0n) is 28.3. The number of hydrogen-bond donors (Lipinski definition) is 0. The van der Waals surface area contributed by atoms with E-state index in [4.69, 9.17) is 11.6 Å². The lowest BCUT2D eigenvalue weighted by Gasteiger charge is -2.36. The Bertz CT molecular complexity index is 2510. The summed E-state index contributed by atoms with van der Waals surface area (Å²) < 4.78 is 0. The van der Waals surface area contributed by atoms with Gasteiger partial charge in [0.2, 0.25) is 0 Å². The van der Waals surface area contributed by atoms with Gasteiger partial charge in [-0.3, -0.25) is 0 Å². The van der Waals surface area contributed by atoms with Crippen LogP contribution in [0.2, 0.25) is 5.02 Å². The van der Waals surface area contributed by atoms with Crippen molar-refractivity contribution >= 4 is 45.7 Å². The van der Waals surface area contributed by atoms with Crippen LogP contribution in [0.5, 0.6) is 0 Å². The molecular weight excluding hydrogens is 652 g/mol. The maximum Gasteiger partial charge on any atom is 0.0746 e. The summed E-state index contributed by atoms with van der Waals surface area (Å²) in [4.78, 5) is 4.72. The van der Waals surface area contributed by atoms with Crippen LogP contribution >= 0.6 is 11.6 Å². The van der Waals surface area contributed by atoms with E-state index in [9.17, 15) is 0 Å². The van der Waals surface area contributed by atoms with Gasteiger partial charge in [0.1, 0.15) is 0 Å². The van der Waals surface area contributed by atoms with Gasteiger partial charge in [-0.15, -0.1) is 0 Å². The summed E-state index contributed by atoms with van der Waals surface area (Å²) in [5.41, 5.74) is 16.2. The molecule has 0 heterocycles. The van der Waals surface area contributed by atoms with Crippen molar-refractivity contribution in [2.75, 3.05) is 9.80 Å². The molecule has 0 N–H and O–H groups in total. The Morgan fingerprint density at radius 2 is 0.731 bits per heavy atom. The van der Waals surface area contributed by atoms with E-state index in [-0.39, 0.29) is 0 Å². The fraction of sp³-hybridized carbons (Fsp3) is 0.0204. The van der Waals surface area contributed by atoms with E-state index < -0.39 is 5.41 Å². The van der Waals surface area contributed by atoms with Crippen LogP contribution < -0.4 is 9.80 Å². The van der Waals surface area contributed by atoms with Crippen molar-refractivity contribution in [3.8, 4) is 22.3 Å². The Kier molecular flexibility index (Phi) is 7.12. The zero-order chi connectivity index (χ0) is 34.6. The van der Waals surface area contributed by atoms with Gasteiger partial charge in [-0.2, -0.15) is 0 Å². The lowest BCUT2D eigenvalue weighted by molar-refractivity contribution is 0.793. The molecule has 2 aliphatic rings. The number of nitrogens with zero attached hydrogens (tertiary/aromatic N) is 2. The van der Waals surface area contributed by atoms with Gasteiger partial charge in [0.05, 0.1) is 11.1 Å². The van der Waals surface area contributed by atoms with E-state index >= 15 is 0 Å². The van der Waals surface area contributed by atoms with Gasteiger partial charge >= 0.3 is 0 Å². The first-order valence-corrected chi connectivity index (χ1v) is 18.1. The largest absolute Gasteiger partial charge is 0.310 e. The number of benzene rings is 8. The highest BCUT2D eigenvalue weighted by molar-refractivity contribution is 6.30. The monoisotopic (exact) mass is 684 g/mol. The smallest absolute Gasteiger partial charge is 0.0746 e. The summed E-state index contributed by atoms with van der Waals surface area (Å²) in [6.07, 6.45) is 0. The number of fused-ring (bicyclic) bond motifs is 10. The van der Waals surface area contributed by atoms with Crippen molar-refractivity contribution in [1.29, 1.82) is 0 Å². The van der Waals surface area contributed by atoms with Crippen molar-refractivity contribution in [2.24, 2.45) is 0 Å². The first kappa shape index (κ1) is 30.5. The summed E-state index contributed by atoms with van der Waals surface area (Å²) in [6, 6.07) is 71.9. The minimum atomic E-state index is -0.510. The van der Waals surface area contributed by atoms with Gasteiger partial charge in [0.15, 0.2) is 0 Å². The molecule has 8 aromatic carbocycles. The van der Waals surface area contributed by atoms with E-state index in [0.29, 0.717) is 5.02 Å². The molecule has 8 aromatic rings. The van der Waals surface area contributed by atoms with Crippen molar-refractivity contribution in [1.82, 2.24) is 0 Å². The standard InChI is InChI=1S/C49H33ClN2/c50-34-16-13-21-37(32-34)52(39-23-14-22-38(33-39)51(35-17-3-1-4-18-35)36-19-5-2-6-20-36)47-31-15-27-43-42-26-9-12-30-46(42)49(48(43)47)44-28-10-7-24-40(44)41-25-8-11-29-45(41)49/h1-33H. The highest BCUT2D eigenvalue weighted by Crippen LogP contribution is 2.65. The maximum absolute atomic E-state index is 6.82. The summed E-state index contributed by atoms with van der Waals surface area (Å²) >= 11 is 6.82. The summed E-state index contributed by atoms with van der Waals surface area (Å²) in [5, 5.41) is 0.691. The molecule has 0 unspecified atom stereocenters. The van der Waals surface area contributed by atoms with Crippen LogP contribution in [-0.2, 0) is 5.41 Å². The molecule has 0 fully saturated rings. The maximum atomic E-state index is 6.82. The average molecular weight is 685 g/mol. The van der Waals surface area contributed by atoms with Crippen LogP contribution in [0.25, 0.3) is 22.3 Å². The van der Waals surface area contributed by atoms with E-state index in [1.54, 1.807) is 0 Å². The molecule has 0 amide bonds. The fourth-order valence-corrected chi connectivity index (χ4v) is 8.92. The molecule has 0 aliphatic heterocycles. The second-order valence-corrected chi connectivity index (χ2v) is 13.9. The van der Waals surface area contributed by atoms with Crippen LogP contribution in [0, 0.1) is 0 Å². The molecule has 10 rings (SSSR count). The Balaban J connectivity index is 1.27. The third kappa shape index (κ3) is 4.51. The van der Waals surface area contributed by atoms with E-state index in [1.807, 2.05) is 12.1 Å². The third-order valence-electron chi connectivity index (χ3n) is 10.7. The van der Waals surface area contributed by atoms with Gasteiger partial charge in [-0.1, -0.05) is 145 Å². The van der Waals surface area contributed by atoms with Crippen molar-refractivity contribution in [2.45, 2.75) is 5.41 Å². The van der Waals surface area contributed by atoms with Crippen LogP contribution in [0.15, 0.2) is 200 Å². The summed E-state index contributed by atoms with van der Waals surface area (Å²) in [7, 11) is 0. The summed E-state index contributed by atoms with van der Waals surface area (Å²) in [5.74, 6) is 0. The molecule has 3 heteroatoms. The van der Waals surface area contributed by atoms with Crippen LogP contribution in [0.1, 0.15) is 22.3 Å². The highest BCUT2D eigenvalue weighted by atomic mass is 35.5. The average Bonchev–Trinajstić information content (AvgIpc) is 3.67. The minimum absolute atomic E-state index is 0.510. The Labute approximate surface area is 309 Å². The first-order chi connectivity index (χ1) is 25.7. The second kappa shape index (κ2) is 12.2. The lowest BCUT2D eigenvalue weighted by Crippen LogP contribution is -2.28. The van der Waals surface area contributed by atoms with Gasteiger partial charge in [0, 0.05) is 39.0 Å². The third-order valence-corrected chi connectivity index (χ3v) is 10.9. The number of halogens is 1. The van der Waals surface area contributed by atoms with E-state index in [2.05, 4.69) is 198 Å². The molecule has 0 atom stereocenters. The number of hydrogen-bond acceptors (Lipinski definition) is 2. The van der Waals surface area contributed by atoms with Gasteiger partial charge in [-0.05, 0) is 106 Å². The van der Waals surface area contributed by atoms with Crippen LogP contribution in [-0.4, -0.2) is 0 Å². The Morgan fingerprint density at radius 3 is 1.29 bits per heavy atom. The molecule has 52 heavy (non-hydrogen) atoms. The quantitative estimate of drug-likeness (QED) is 0.172. The normalized spacial score (nSPS) is 12.9. The SMILES string of the molecule is Clc1cccc(N(c2cccc(N(c3ccccc3)c3ccccc3)c2)c2cccc3c2C2(c4ccccc4-c4ccccc42)c2ccccc2-3)c1. The molecule has 2 nitrogen and oxygen atoms in total. The Hall–Kier alpha value is -6.35. The lowest BCUT2D eigenvalue weighted by atomic mass is 9.70. The fourth-order valence-electron chi connectivity index (χ4n) is 8.73. The topological polar surface area (TPSA) is 6.48 Å². The second-order valence-electron chi connectivity index (χ2n) is 13.4.